The predicted molar refractivity (Wildman–Crippen MR) is 114 cm³/mol. The zero-order chi connectivity index (χ0) is 23.3. The molecule has 0 spiro atoms. The number of aliphatic hydroxyl groups is 1. The first-order valence-corrected chi connectivity index (χ1v) is 10.0. The number of aryl methyl sites for hydroxylation is 2. The van der Waals surface area contributed by atoms with E-state index in [1.54, 1.807) is 13.0 Å². The number of hydrogen-bond acceptors (Lipinski definition) is 9. The fourth-order valence-corrected chi connectivity index (χ4v) is 3.67. The molecule has 0 saturated carbocycles. The maximum Gasteiger partial charge on any atom is 0.284 e. The monoisotopic (exact) mass is 449 g/mol. The first-order valence-electron chi connectivity index (χ1n) is 10.0. The van der Waals surface area contributed by atoms with E-state index in [0.29, 0.717) is 16.9 Å². The molecule has 0 radical (unpaired) electrons. The van der Waals surface area contributed by atoms with Crippen molar-refractivity contribution in [3.63, 3.8) is 0 Å². The maximum atomic E-state index is 12.8. The van der Waals surface area contributed by atoms with Crippen molar-refractivity contribution < 1.29 is 18.7 Å². The van der Waals surface area contributed by atoms with Crippen LogP contribution >= 0.6 is 0 Å². The van der Waals surface area contributed by atoms with Crippen molar-refractivity contribution in [1.82, 2.24) is 29.8 Å². The molecule has 1 amide bonds. The Hall–Kier alpha value is -4.32. The third-order valence-corrected chi connectivity index (χ3v) is 5.30. The molecular weight excluding hydrogens is 430 g/mol. The highest BCUT2D eigenvalue weighted by Gasteiger charge is 2.21. The van der Waals surface area contributed by atoms with Gasteiger partial charge < -0.3 is 19.7 Å². The standard InChI is InChI=1S/C21H19N7O5/c1-10-3-4-14-12(5-10)6-15(32-14)13(29)7-28-25-16(24-26-28)8-27-9-23-20-17(21(27)31)11(2)18(33-20)19(22)30/h3-6,9,13,29H,7-8H2,1-2H3,(H2,22,30)/t13-/m0/s1. The number of furan rings is 2. The molecule has 0 saturated heterocycles. The van der Waals surface area contributed by atoms with Crippen LogP contribution in [0.15, 0.2) is 44.2 Å². The summed E-state index contributed by atoms with van der Waals surface area (Å²) in [6, 6.07) is 7.53. The first-order chi connectivity index (χ1) is 15.8. The van der Waals surface area contributed by atoms with Crippen molar-refractivity contribution >= 4 is 28.0 Å². The van der Waals surface area contributed by atoms with Crippen LogP contribution in [0.5, 0.6) is 0 Å². The normalized spacial score (nSPS) is 12.6. The zero-order valence-corrected chi connectivity index (χ0v) is 17.7. The highest BCUT2D eigenvalue weighted by atomic mass is 16.4. The number of amides is 1. The van der Waals surface area contributed by atoms with Gasteiger partial charge >= 0.3 is 0 Å². The Morgan fingerprint density at radius 3 is 2.85 bits per heavy atom. The molecule has 0 aliphatic carbocycles. The number of nitrogens with two attached hydrogens (primary N) is 1. The second-order valence-corrected chi connectivity index (χ2v) is 7.74. The summed E-state index contributed by atoms with van der Waals surface area (Å²) in [5.41, 5.74) is 6.97. The Morgan fingerprint density at radius 1 is 1.24 bits per heavy atom. The van der Waals surface area contributed by atoms with E-state index in [2.05, 4.69) is 20.4 Å². The van der Waals surface area contributed by atoms with Gasteiger partial charge in [0.15, 0.2) is 11.6 Å². The maximum absolute atomic E-state index is 12.8. The van der Waals surface area contributed by atoms with Gasteiger partial charge in [-0.25, -0.2) is 4.98 Å². The summed E-state index contributed by atoms with van der Waals surface area (Å²) in [6.07, 6.45) is 0.283. The van der Waals surface area contributed by atoms with Crippen molar-refractivity contribution in [2.24, 2.45) is 5.73 Å². The van der Waals surface area contributed by atoms with Crippen molar-refractivity contribution in [3.05, 3.63) is 69.4 Å². The lowest BCUT2D eigenvalue weighted by molar-refractivity contribution is 0.0975. The topological polar surface area (TPSA) is 168 Å². The molecule has 4 heterocycles. The number of aliphatic hydroxyl groups excluding tert-OH is 1. The van der Waals surface area contributed by atoms with Crippen molar-refractivity contribution in [2.75, 3.05) is 0 Å². The van der Waals surface area contributed by atoms with Gasteiger partial charge in [-0.15, -0.1) is 10.2 Å². The molecule has 0 aliphatic heterocycles. The van der Waals surface area contributed by atoms with Crippen LogP contribution in [0.1, 0.15) is 39.4 Å². The van der Waals surface area contributed by atoms with E-state index in [0.717, 1.165) is 10.9 Å². The number of fused-ring (bicyclic) bond motifs is 2. The van der Waals surface area contributed by atoms with Gasteiger partial charge in [-0.2, -0.15) is 4.80 Å². The molecule has 12 heteroatoms. The summed E-state index contributed by atoms with van der Waals surface area (Å²) in [5.74, 6) is -0.256. The number of nitrogens with zero attached hydrogens (tertiary/aromatic N) is 6. The van der Waals surface area contributed by atoms with Gasteiger partial charge in [0.1, 0.15) is 29.2 Å². The second-order valence-electron chi connectivity index (χ2n) is 7.74. The number of carbonyl (C=O) groups excluding carboxylic acids is 1. The molecule has 5 rings (SSSR count). The molecule has 33 heavy (non-hydrogen) atoms. The minimum atomic E-state index is -0.985. The minimum Gasteiger partial charge on any atom is -0.458 e. The second kappa shape index (κ2) is 7.67. The fraction of sp³-hybridized carbons (Fsp3) is 0.238. The van der Waals surface area contributed by atoms with Crippen LogP contribution in [0.2, 0.25) is 0 Å². The van der Waals surface area contributed by atoms with E-state index in [9.17, 15) is 14.7 Å². The van der Waals surface area contributed by atoms with Crippen molar-refractivity contribution in [1.29, 1.82) is 0 Å². The molecule has 0 bridgehead atoms. The molecule has 5 aromatic rings. The van der Waals surface area contributed by atoms with E-state index in [4.69, 9.17) is 14.6 Å². The van der Waals surface area contributed by atoms with Gasteiger partial charge in [-0.1, -0.05) is 11.6 Å². The Balaban J connectivity index is 1.36. The molecule has 168 valence electrons. The first kappa shape index (κ1) is 20.6. The highest BCUT2D eigenvalue weighted by Crippen LogP contribution is 2.25. The fourth-order valence-electron chi connectivity index (χ4n) is 3.67. The summed E-state index contributed by atoms with van der Waals surface area (Å²) >= 11 is 0. The molecule has 12 nitrogen and oxygen atoms in total. The molecule has 4 aromatic heterocycles. The van der Waals surface area contributed by atoms with E-state index in [-0.39, 0.29) is 35.8 Å². The molecule has 0 aliphatic rings. The van der Waals surface area contributed by atoms with Gasteiger partial charge in [-0.3, -0.25) is 14.2 Å². The van der Waals surface area contributed by atoms with Gasteiger partial charge in [0, 0.05) is 10.9 Å². The summed E-state index contributed by atoms with van der Waals surface area (Å²) < 4.78 is 12.3. The Bertz CT molecular complexity index is 1580. The smallest absolute Gasteiger partial charge is 0.284 e. The molecular formula is C21H19N7O5. The number of tetrazole rings is 1. The van der Waals surface area contributed by atoms with Crippen LogP contribution in [-0.4, -0.2) is 40.8 Å². The third kappa shape index (κ3) is 3.65. The van der Waals surface area contributed by atoms with E-state index in [1.807, 2.05) is 25.1 Å². The summed E-state index contributed by atoms with van der Waals surface area (Å²) in [6.45, 7) is 3.54. The largest absolute Gasteiger partial charge is 0.458 e. The van der Waals surface area contributed by atoms with Crippen molar-refractivity contribution in [2.45, 2.75) is 33.0 Å². The van der Waals surface area contributed by atoms with Gasteiger partial charge in [0.25, 0.3) is 11.5 Å². The van der Waals surface area contributed by atoms with Crippen molar-refractivity contribution in [3.8, 4) is 0 Å². The Morgan fingerprint density at radius 2 is 2.06 bits per heavy atom. The Labute approximate surface area is 185 Å². The number of hydrogen-bond donors (Lipinski definition) is 2. The average molecular weight is 449 g/mol. The molecule has 1 aromatic carbocycles. The zero-order valence-electron chi connectivity index (χ0n) is 17.7. The number of aromatic nitrogens is 6. The van der Waals surface area contributed by atoms with E-state index in [1.165, 1.54) is 15.7 Å². The van der Waals surface area contributed by atoms with E-state index >= 15 is 0 Å². The van der Waals surface area contributed by atoms with Crippen LogP contribution in [0.3, 0.4) is 0 Å². The summed E-state index contributed by atoms with van der Waals surface area (Å²) in [4.78, 5) is 29.6. The van der Waals surface area contributed by atoms with Crippen LogP contribution < -0.4 is 11.3 Å². The average Bonchev–Trinajstić information content (AvgIpc) is 3.47. The van der Waals surface area contributed by atoms with Gasteiger partial charge in [0.2, 0.25) is 5.71 Å². The molecule has 0 unspecified atom stereocenters. The third-order valence-electron chi connectivity index (χ3n) is 5.30. The lowest BCUT2D eigenvalue weighted by atomic mass is 10.2. The lowest BCUT2D eigenvalue weighted by Crippen LogP contribution is -2.22. The van der Waals surface area contributed by atoms with Crippen LogP contribution in [0, 0.1) is 13.8 Å². The number of benzene rings is 1. The molecule has 0 fully saturated rings. The lowest BCUT2D eigenvalue weighted by Gasteiger charge is -2.05. The quantitative estimate of drug-likeness (QED) is 0.387. The molecule has 1 atom stereocenters. The SMILES string of the molecule is Cc1ccc2oc([C@@H](O)Cn3nnc(Cn4cnc5oc(C(N)=O)c(C)c5c4=O)n3)cc2c1. The minimum absolute atomic E-state index is 0.0147. The summed E-state index contributed by atoms with van der Waals surface area (Å²) in [7, 11) is 0. The van der Waals surface area contributed by atoms with Crippen LogP contribution in [0.4, 0.5) is 0 Å². The van der Waals surface area contributed by atoms with Gasteiger partial charge in [-0.05, 0) is 37.3 Å². The predicted octanol–water partition coefficient (Wildman–Crippen LogP) is 1.22. The van der Waals surface area contributed by atoms with Crippen LogP contribution in [-0.2, 0) is 13.1 Å². The Kier molecular flexibility index (Phi) is 4.78. The molecule has 3 N–H and O–H groups in total. The summed E-state index contributed by atoms with van der Waals surface area (Å²) in [5, 5.41) is 23.7. The highest BCUT2D eigenvalue weighted by molar-refractivity contribution is 5.96. The number of primary amides is 1. The van der Waals surface area contributed by atoms with Crippen LogP contribution in [0.25, 0.3) is 22.1 Å². The van der Waals surface area contributed by atoms with Gasteiger partial charge in [0.05, 0.1) is 13.1 Å². The number of carbonyl (C=O) groups is 1. The number of rotatable bonds is 6. The van der Waals surface area contributed by atoms with E-state index < -0.39 is 17.6 Å².